The fourth-order valence-electron chi connectivity index (χ4n) is 1.26. The molecule has 1 aromatic rings. The minimum atomic E-state index is -0.278. The molecular weight excluding hydrogens is 193 g/mol. The van der Waals surface area contributed by atoms with E-state index >= 15 is 0 Å². The Balaban J connectivity index is 2.98. The molecule has 0 fully saturated rings. The van der Waals surface area contributed by atoms with Gasteiger partial charge in [-0.25, -0.2) is 4.39 Å². The molecule has 1 unspecified atom stereocenters. The molecule has 1 atom stereocenters. The maximum atomic E-state index is 13.0. The monoisotopic (exact) mass is 207 g/mol. The smallest absolute Gasteiger partial charge is 0.148 e. The topological polar surface area (TPSA) is 21.3 Å². The highest BCUT2D eigenvalue weighted by atomic mass is 19.1. The van der Waals surface area contributed by atoms with Crippen molar-refractivity contribution in [3.05, 3.63) is 29.6 Å². The molecule has 0 saturated heterocycles. The Bertz CT molecular complexity index is 370. The number of terminal acetylenes is 1. The van der Waals surface area contributed by atoms with E-state index in [1.807, 2.05) is 6.92 Å². The van der Waals surface area contributed by atoms with Crippen LogP contribution in [0.2, 0.25) is 0 Å². The Kier molecular flexibility index (Phi) is 4.14. The number of rotatable bonds is 4. The summed E-state index contributed by atoms with van der Waals surface area (Å²) in [6.07, 6.45) is 5.10. The van der Waals surface area contributed by atoms with E-state index in [9.17, 15) is 4.39 Å². The molecule has 2 nitrogen and oxygen atoms in total. The Labute approximate surface area is 89.4 Å². The summed E-state index contributed by atoms with van der Waals surface area (Å²) in [6.45, 7) is 2.12. The molecule has 80 valence electrons. The average Bonchev–Trinajstić information content (AvgIpc) is 2.26. The van der Waals surface area contributed by atoms with E-state index in [0.29, 0.717) is 5.75 Å². The second-order valence-electron chi connectivity index (χ2n) is 3.19. The molecule has 1 N–H and O–H groups in total. The van der Waals surface area contributed by atoms with Gasteiger partial charge in [0.15, 0.2) is 0 Å². The summed E-state index contributed by atoms with van der Waals surface area (Å²) >= 11 is 0. The van der Waals surface area contributed by atoms with Crippen molar-refractivity contribution in [2.24, 2.45) is 0 Å². The van der Waals surface area contributed by atoms with Crippen LogP contribution in [0.3, 0.4) is 0 Å². The molecule has 0 bridgehead atoms. The van der Waals surface area contributed by atoms with Crippen molar-refractivity contribution in [3.8, 4) is 18.1 Å². The molecule has 0 heterocycles. The van der Waals surface area contributed by atoms with Gasteiger partial charge < -0.3 is 10.1 Å². The van der Waals surface area contributed by atoms with Crippen molar-refractivity contribution >= 4 is 0 Å². The lowest BCUT2D eigenvalue weighted by Crippen LogP contribution is -2.14. The second-order valence-corrected chi connectivity index (χ2v) is 3.19. The summed E-state index contributed by atoms with van der Waals surface area (Å²) in [7, 11) is 1.81. The van der Waals surface area contributed by atoms with Crippen LogP contribution in [0.4, 0.5) is 4.39 Å². The Hall–Kier alpha value is -1.53. The second kappa shape index (κ2) is 5.38. The highest BCUT2D eigenvalue weighted by molar-refractivity contribution is 5.36. The molecule has 1 rings (SSSR count). The Morgan fingerprint density at radius 2 is 2.33 bits per heavy atom. The Morgan fingerprint density at radius 1 is 1.60 bits per heavy atom. The van der Waals surface area contributed by atoms with Crippen molar-refractivity contribution in [1.82, 2.24) is 5.32 Å². The largest absolute Gasteiger partial charge is 0.481 e. The van der Waals surface area contributed by atoms with E-state index in [4.69, 9.17) is 11.2 Å². The third-order valence-electron chi connectivity index (χ3n) is 2.18. The van der Waals surface area contributed by atoms with Crippen LogP contribution in [0.5, 0.6) is 5.75 Å². The lowest BCUT2D eigenvalue weighted by molar-refractivity contribution is 0.361. The highest BCUT2D eigenvalue weighted by Gasteiger charge is 2.10. The van der Waals surface area contributed by atoms with Crippen molar-refractivity contribution in [1.29, 1.82) is 0 Å². The van der Waals surface area contributed by atoms with Crippen LogP contribution >= 0.6 is 0 Å². The molecule has 0 saturated carbocycles. The molecular formula is C12H14FNO. The molecule has 0 aliphatic carbocycles. The van der Waals surface area contributed by atoms with Gasteiger partial charge in [-0.2, -0.15) is 0 Å². The SMILES string of the molecule is C#CCOc1ccc(F)cc1C(C)NC. The third-order valence-corrected chi connectivity index (χ3v) is 2.18. The molecule has 0 spiro atoms. The van der Waals surface area contributed by atoms with Crippen LogP contribution in [-0.4, -0.2) is 13.7 Å². The van der Waals surface area contributed by atoms with Gasteiger partial charge in [0, 0.05) is 11.6 Å². The first-order valence-electron chi connectivity index (χ1n) is 4.72. The summed E-state index contributed by atoms with van der Waals surface area (Å²) < 4.78 is 18.4. The zero-order valence-electron chi connectivity index (χ0n) is 8.88. The highest BCUT2D eigenvalue weighted by Crippen LogP contribution is 2.25. The van der Waals surface area contributed by atoms with Gasteiger partial charge in [-0.15, -0.1) is 6.42 Å². The van der Waals surface area contributed by atoms with Gasteiger partial charge in [-0.1, -0.05) is 5.92 Å². The predicted octanol–water partition coefficient (Wildman–Crippen LogP) is 2.12. The first kappa shape index (κ1) is 11.5. The number of ether oxygens (including phenoxy) is 1. The molecule has 15 heavy (non-hydrogen) atoms. The standard InChI is InChI=1S/C12H14FNO/c1-4-7-15-12-6-5-10(13)8-11(12)9(2)14-3/h1,5-6,8-9,14H,7H2,2-3H3. The molecule has 0 aliphatic heterocycles. The number of halogens is 1. The maximum Gasteiger partial charge on any atom is 0.148 e. The number of nitrogens with one attached hydrogen (secondary N) is 1. The summed E-state index contributed by atoms with van der Waals surface area (Å²) in [6, 6.07) is 4.43. The molecule has 1 aromatic carbocycles. The van der Waals surface area contributed by atoms with Gasteiger partial charge in [0.05, 0.1) is 0 Å². The fraction of sp³-hybridized carbons (Fsp3) is 0.333. The average molecular weight is 207 g/mol. The van der Waals surface area contributed by atoms with E-state index in [-0.39, 0.29) is 18.5 Å². The van der Waals surface area contributed by atoms with Crippen LogP contribution in [0.15, 0.2) is 18.2 Å². The Morgan fingerprint density at radius 3 is 2.93 bits per heavy atom. The van der Waals surface area contributed by atoms with E-state index in [2.05, 4.69) is 11.2 Å². The van der Waals surface area contributed by atoms with Crippen molar-refractivity contribution in [3.63, 3.8) is 0 Å². The summed E-state index contributed by atoms with van der Waals surface area (Å²) in [5, 5.41) is 3.03. The van der Waals surface area contributed by atoms with Gasteiger partial charge in [-0.3, -0.25) is 0 Å². The predicted molar refractivity (Wildman–Crippen MR) is 58.2 cm³/mol. The van der Waals surface area contributed by atoms with E-state index in [0.717, 1.165) is 5.56 Å². The van der Waals surface area contributed by atoms with Gasteiger partial charge in [0.1, 0.15) is 18.2 Å². The lowest BCUT2D eigenvalue weighted by Gasteiger charge is -2.15. The lowest BCUT2D eigenvalue weighted by atomic mass is 10.1. The summed E-state index contributed by atoms with van der Waals surface area (Å²) in [5.74, 6) is 2.72. The molecule has 0 aliphatic rings. The van der Waals surface area contributed by atoms with Crippen molar-refractivity contribution < 1.29 is 9.13 Å². The molecule has 0 aromatic heterocycles. The first-order chi connectivity index (χ1) is 7.19. The molecule has 3 heteroatoms. The molecule has 0 radical (unpaired) electrons. The maximum absolute atomic E-state index is 13.0. The minimum absolute atomic E-state index is 0.0217. The zero-order chi connectivity index (χ0) is 11.3. The van der Waals surface area contributed by atoms with Gasteiger partial charge >= 0.3 is 0 Å². The fourth-order valence-corrected chi connectivity index (χ4v) is 1.26. The van der Waals surface area contributed by atoms with Gasteiger partial charge in [-0.05, 0) is 32.2 Å². The summed E-state index contributed by atoms with van der Waals surface area (Å²) in [4.78, 5) is 0. The van der Waals surface area contributed by atoms with Crippen LogP contribution in [0.1, 0.15) is 18.5 Å². The van der Waals surface area contributed by atoms with Crippen LogP contribution < -0.4 is 10.1 Å². The van der Waals surface area contributed by atoms with E-state index in [1.165, 1.54) is 12.1 Å². The van der Waals surface area contributed by atoms with Gasteiger partial charge in [0.25, 0.3) is 0 Å². The number of hydrogen-bond acceptors (Lipinski definition) is 2. The molecule has 0 amide bonds. The van der Waals surface area contributed by atoms with E-state index < -0.39 is 0 Å². The van der Waals surface area contributed by atoms with Crippen molar-refractivity contribution in [2.45, 2.75) is 13.0 Å². The van der Waals surface area contributed by atoms with Crippen molar-refractivity contribution in [2.75, 3.05) is 13.7 Å². The quantitative estimate of drug-likeness (QED) is 0.763. The first-order valence-corrected chi connectivity index (χ1v) is 4.72. The van der Waals surface area contributed by atoms with Crippen LogP contribution in [-0.2, 0) is 0 Å². The number of benzene rings is 1. The minimum Gasteiger partial charge on any atom is -0.481 e. The van der Waals surface area contributed by atoms with E-state index in [1.54, 1.807) is 13.1 Å². The number of hydrogen-bond donors (Lipinski definition) is 1. The zero-order valence-corrected chi connectivity index (χ0v) is 8.88. The van der Waals surface area contributed by atoms with Gasteiger partial charge in [0.2, 0.25) is 0 Å². The normalized spacial score (nSPS) is 11.9. The van der Waals surface area contributed by atoms with Crippen LogP contribution in [0.25, 0.3) is 0 Å². The third kappa shape index (κ3) is 2.97. The van der Waals surface area contributed by atoms with Crippen LogP contribution in [0, 0.1) is 18.2 Å². The summed E-state index contributed by atoms with van der Waals surface area (Å²) in [5.41, 5.74) is 0.771.